The van der Waals surface area contributed by atoms with Crippen molar-refractivity contribution in [3.63, 3.8) is 0 Å². The van der Waals surface area contributed by atoms with E-state index in [1.54, 1.807) is 0 Å². The van der Waals surface area contributed by atoms with Gasteiger partial charge in [0.15, 0.2) is 11.6 Å². The van der Waals surface area contributed by atoms with E-state index in [0.29, 0.717) is 0 Å². The second kappa shape index (κ2) is 3.84. The number of benzene rings is 1. The standard InChI is InChI=1S/C11H8F2N2O/c1-6-2-3-7(11(13)10(6)12)8-4-9(16)15-5-14-8/h2-5H,1H3,(H,14,15,16). The van der Waals surface area contributed by atoms with Gasteiger partial charge in [0.05, 0.1) is 12.0 Å². The molecule has 0 aliphatic rings. The third-order valence-electron chi connectivity index (χ3n) is 2.23. The van der Waals surface area contributed by atoms with Crippen LogP contribution in [0.4, 0.5) is 8.78 Å². The molecular formula is C11H8F2N2O. The van der Waals surface area contributed by atoms with E-state index < -0.39 is 17.2 Å². The number of aromatic nitrogens is 2. The maximum absolute atomic E-state index is 13.6. The molecular weight excluding hydrogens is 214 g/mol. The molecule has 0 saturated carbocycles. The Hall–Kier alpha value is -2.04. The van der Waals surface area contributed by atoms with Gasteiger partial charge in [0, 0.05) is 11.6 Å². The largest absolute Gasteiger partial charge is 0.313 e. The zero-order chi connectivity index (χ0) is 11.7. The molecule has 0 aliphatic heterocycles. The van der Waals surface area contributed by atoms with Crippen molar-refractivity contribution in [2.24, 2.45) is 0 Å². The van der Waals surface area contributed by atoms with Crippen LogP contribution in [0.3, 0.4) is 0 Å². The number of rotatable bonds is 1. The minimum atomic E-state index is -0.988. The topological polar surface area (TPSA) is 45.8 Å². The molecule has 0 amide bonds. The van der Waals surface area contributed by atoms with Crippen molar-refractivity contribution in [2.75, 3.05) is 0 Å². The van der Waals surface area contributed by atoms with Crippen LogP contribution in [0.25, 0.3) is 11.3 Å². The summed E-state index contributed by atoms with van der Waals surface area (Å²) in [5, 5.41) is 0. The molecule has 0 radical (unpaired) electrons. The second-order valence-corrected chi connectivity index (χ2v) is 3.35. The molecule has 1 aromatic heterocycles. The molecule has 0 bridgehead atoms. The van der Waals surface area contributed by atoms with Crippen molar-refractivity contribution in [3.8, 4) is 11.3 Å². The molecule has 5 heteroatoms. The number of hydrogen-bond acceptors (Lipinski definition) is 2. The number of H-pyrrole nitrogens is 1. The quantitative estimate of drug-likeness (QED) is 0.802. The van der Waals surface area contributed by atoms with E-state index in [-0.39, 0.29) is 16.8 Å². The van der Waals surface area contributed by atoms with Crippen molar-refractivity contribution in [2.45, 2.75) is 6.92 Å². The van der Waals surface area contributed by atoms with Gasteiger partial charge in [-0.25, -0.2) is 13.8 Å². The van der Waals surface area contributed by atoms with Crippen LogP contribution < -0.4 is 5.56 Å². The Labute approximate surface area is 89.8 Å². The van der Waals surface area contributed by atoms with Crippen LogP contribution in [0.5, 0.6) is 0 Å². The summed E-state index contributed by atoms with van der Waals surface area (Å²) in [6.45, 7) is 1.47. The lowest BCUT2D eigenvalue weighted by Crippen LogP contribution is -2.05. The summed E-state index contributed by atoms with van der Waals surface area (Å²) in [5.74, 6) is -1.90. The Morgan fingerprint density at radius 1 is 1.25 bits per heavy atom. The van der Waals surface area contributed by atoms with Gasteiger partial charge in [-0.15, -0.1) is 0 Å². The number of nitrogens with one attached hydrogen (secondary N) is 1. The molecule has 0 spiro atoms. The molecule has 2 aromatic rings. The predicted molar refractivity (Wildman–Crippen MR) is 54.9 cm³/mol. The summed E-state index contributed by atoms with van der Waals surface area (Å²) in [7, 11) is 0. The van der Waals surface area contributed by atoms with Crippen LogP contribution in [0.15, 0.2) is 29.3 Å². The van der Waals surface area contributed by atoms with E-state index in [1.807, 2.05) is 0 Å². The smallest absolute Gasteiger partial charge is 0.251 e. The fourth-order valence-electron chi connectivity index (χ4n) is 1.36. The van der Waals surface area contributed by atoms with Crippen LogP contribution in [0.1, 0.15) is 5.56 Å². The lowest BCUT2D eigenvalue weighted by atomic mass is 10.1. The van der Waals surface area contributed by atoms with E-state index in [2.05, 4.69) is 9.97 Å². The normalized spacial score (nSPS) is 10.4. The van der Waals surface area contributed by atoms with Crippen molar-refractivity contribution in [3.05, 3.63) is 52.1 Å². The van der Waals surface area contributed by atoms with Crippen LogP contribution in [0, 0.1) is 18.6 Å². The zero-order valence-corrected chi connectivity index (χ0v) is 8.42. The number of aryl methyl sites for hydroxylation is 1. The molecule has 82 valence electrons. The number of halogens is 2. The molecule has 0 unspecified atom stereocenters. The van der Waals surface area contributed by atoms with Gasteiger partial charge in [0.25, 0.3) is 5.56 Å². The van der Waals surface area contributed by atoms with Crippen LogP contribution in [-0.4, -0.2) is 9.97 Å². The first-order valence-electron chi connectivity index (χ1n) is 4.59. The molecule has 2 rings (SSSR count). The summed E-state index contributed by atoms with van der Waals surface area (Å²) >= 11 is 0. The fraction of sp³-hybridized carbons (Fsp3) is 0.0909. The molecule has 0 atom stereocenters. The summed E-state index contributed by atoms with van der Waals surface area (Å²) in [6.07, 6.45) is 1.15. The molecule has 0 aliphatic carbocycles. The maximum Gasteiger partial charge on any atom is 0.251 e. The van der Waals surface area contributed by atoms with E-state index in [4.69, 9.17) is 0 Å². The number of aromatic amines is 1. The highest BCUT2D eigenvalue weighted by molar-refractivity contribution is 5.59. The molecule has 1 heterocycles. The average Bonchev–Trinajstić information content (AvgIpc) is 2.26. The lowest BCUT2D eigenvalue weighted by molar-refractivity contribution is 0.505. The second-order valence-electron chi connectivity index (χ2n) is 3.35. The SMILES string of the molecule is Cc1ccc(-c2cc(=O)[nH]cn2)c(F)c1F. The minimum absolute atomic E-state index is 0.0193. The first-order valence-corrected chi connectivity index (χ1v) is 4.59. The van der Waals surface area contributed by atoms with Crippen molar-refractivity contribution in [1.82, 2.24) is 9.97 Å². The van der Waals surface area contributed by atoms with Crippen molar-refractivity contribution >= 4 is 0 Å². The molecule has 1 aromatic carbocycles. The Balaban J connectivity index is 2.66. The van der Waals surface area contributed by atoms with Crippen LogP contribution in [-0.2, 0) is 0 Å². The molecule has 0 saturated heterocycles. The van der Waals surface area contributed by atoms with Gasteiger partial charge in [0.2, 0.25) is 0 Å². The van der Waals surface area contributed by atoms with Gasteiger partial charge >= 0.3 is 0 Å². The number of nitrogens with zero attached hydrogens (tertiary/aromatic N) is 1. The Bertz CT molecular complexity index is 593. The van der Waals surface area contributed by atoms with E-state index in [0.717, 1.165) is 12.4 Å². The number of hydrogen-bond donors (Lipinski definition) is 1. The van der Waals surface area contributed by atoms with Crippen LogP contribution in [0.2, 0.25) is 0 Å². The summed E-state index contributed by atoms with van der Waals surface area (Å²) in [6, 6.07) is 3.96. The third kappa shape index (κ3) is 1.71. The predicted octanol–water partition coefficient (Wildman–Crippen LogP) is 2.02. The summed E-state index contributed by atoms with van der Waals surface area (Å²) in [5.41, 5.74) is -0.106. The molecule has 16 heavy (non-hydrogen) atoms. The summed E-state index contributed by atoms with van der Waals surface area (Å²) < 4.78 is 26.8. The maximum atomic E-state index is 13.6. The highest BCUT2D eigenvalue weighted by Crippen LogP contribution is 2.23. The van der Waals surface area contributed by atoms with Gasteiger partial charge in [-0.3, -0.25) is 4.79 Å². The zero-order valence-electron chi connectivity index (χ0n) is 8.42. The highest BCUT2D eigenvalue weighted by atomic mass is 19.2. The van der Waals surface area contributed by atoms with Gasteiger partial charge in [0.1, 0.15) is 0 Å². The highest BCUT2D eigenvalue weighted by Gasteiger charge is 2.13. The van der Waals surface area contributed by atoms with E-state index in [9.17, 15) is 13.6 Å². The van der Waals surface area contributed by atoms with Gasteiger partial charge in [-0.1, -0.05) is 6.07 Å². The first-order chi connectivity index (χ1) is 7.59. The molecule has 0 fully saturated rings. The first kappa shape index (κ1) is 10.5. The Morgan fingerprint density at radius 2 is 2.00 bits per heavy atom. The van der Waals surface area contributed by atoms with Crippen molar-refractivity contribution < 1.29 is 8.78 Å². The average molecular weight is 222 g/mol. The molecule has 3 nitrogen and oxygen atoms in total. The van der Waals surface area contributed by atoms with Gasteiger partial charge in [-0.05, 0) is 18.6 Å². The van der Waals surface area contributed by atoms with Gasteiger partial charge < -0.3 is 4.98 Å². The Kier molecular flexibility index (Phi) is 2.52. The monoisotopic (exact) mass is 222 g/mol. The van der Waals surface area contributed by atoms with Gasteiger partial charge in [-0.2, -0.15) is 0 Å². The van der Waals surface area contributed by atoms with Crippen molar-refractivity contribution in [1.29, 1.82) is 0 Å². The van der Waals surface area contributed by atoms with E-state index in [1.165, 1.54) is 19.1 Å². The van der Waals surface area contributed by atoms with Crippen LogP contribution >= 0.6 is 0 Å². The fourth-order valence-corrected chi connectivity index (χ4v) is 1.36. The summed E-state index contributed by atoms with van der Waals surface area (Å²) in [4.78, 5) is 17.1. The third-order valence-corrected chi connectivity index (χ3v) is 2.23. The Morgan fingerprint density at radius 3 is 2.69 bits per heavy atom. The molecule has 1 N–H and O–H groups in total. The minimum Gasteiger partial charge on any atom is -0.313 e. The lowest BCUT2D eigenvalue weighted by Gasteiger charge is -2.04. The van der Waals surface area contributed by atoms with E-state index >= 15 is 0 Å².